The summed E-state index contributed by atoms with van der Waals surface area (Å²) in [5.74, 6) is -1.68. The van der Waals surface area contributed by atoms with Gasteiger partial charge in [-0.25, -0.2) is 4.98 Å². The molecule has 0 spiro atoms. The topological polar surface area (TPSA) is 109 Å². The molecule has 0 bridgehead atoms. The minimum absolute atomic E-state index is 0.0764. The van der Waals surface area contributed by atoms with Crippen LogP contribution >= 0.6 is 11.3 Å². The number of hydrogen-bond donors (Lipinski definition) is 2. The second kappa shape index (κ2) is 11.0. The molecule has 2 fully saturated rings. The lowest BCUT2D eigenvalue weighted by molar-refractivity contribution is -0.156. The Bertz CT molecular complexity index is 986. The Morgan fingerprint density at radius 2 is 1.86 bits per heavy atom. The van der Waals surface area contributed by atoms with Crippen LogP contribution in [0.25, 0.3) is 6.08 Å². The van der Waals surface area contributed by atoms with Crippen LogP contribution < -0.4 is 0 Å². The van der Waals surface area contributed by atoms with Crippen molar-refractivity contribution in [2.24, 2.45) is 23.2 Å². The summed E-state index contributed by atoms with van der Waals surface area (Å²) >= 11 is 1.56. The highest BCUT2D eigenvalue weighted by molar-refractivity contribution is 7.09. The number of aryl methyl sites for hydroxylation is 1. The second-order valence-corrected chi connectivity index (χ2v) is 12.8. The normalized spacial score (nSPS) is 38.8. The number of aliphatic hydroxyl groups excluding tert-OH is 2. The number of thiazole rings is 1. The molecule has 2 saturated heterocycles. The molecule has 36 heavy (non-hydrogen) atoms. The maximum absolute atomic E-state index is 13.3. The lowest BCUT2D eigenvalue weighted by atomic mass is 9.73. The van der Waals surface area contributed by atoms with Crippen LogP contribution in [0.15, 0.2) is 11.0 Å². The van der Waals surface area contributed by atoms with Gasteiger partial charge < -0.3 is 19.7 Å². The minimum atomic E-state index is -1.24. The van der Waals surface area contributed by atoms with Gasteiger partial charge in [-0.3, -0.25) is 9.59 Å². The average molecular weight is 522 g/mol. The van der Waals surface area contributed by atoms with Gasteiger partial charge in [0.05, 0.1) is 46.5 Å². The van der Waals surface area contributed by atoms with Gasteiger partial charge in [0.25, 0.3) is 0 Å². The van der Waals surface area contributed by atoms with Gasteiger partial charge in [0.15, 0.2) is 0 Å². The number of fused-ring (bicyclic) bond motifs is 1. The Hall–Kier alpha value is -1.61. The Morgan fingerprint density at radius 3 is 2.47 bits per heavy atom. The summed E-state index contributed by atoms with van der Waals surface area (Å²) in [5, 5.41) is 24.7. The summed E-state index contributed by atoms with van der Waals surface area (Å²) in [7, 11) is 0. The highest BCUT2D eigenvalue weighted by Gasteiger charge is 2.56. The van der Waals surface area contributed by atoms with Crippen molar-refractivity contribution < 1.29 is 29.3 Å². The number of cyclic esters (lactones) is 1. The monoisotopic (exact) mass is 521 g/mol. The highest BCUT2D eigenvalue weighted by Crippen LogP contribution is 2.47. The molecule has 0 radical (unpaired) electrons. The first-order valence-electron chi connectivity index (χ1n) is 13.1. The minimum Gasteiger partial charge on any atom is -0.457 e. The van der Waals surface area contributed by atoms with Gasteiger partial charge in [-0.1, -0.05) is 41.0 Å². The molecule has 7 nitrogen and oxygen atoms in total. The van der Waals surface area contributed by atoms with Crippen molar-refractivity contribution >= 4 is 29.2 Å². The zero-order valence-electron chi connectivity index (χ0n) is 22.9. The molecule has 8 heteroatoms. The Balaban J connectivity index is 1.91. The molecule has 0 aromatic carbocycles. The summed E-state index contributed by atoms with van der Waals surface area (Å²) < 4.78 is 12.1. The zero-order valence-corrected chi connectivity index (χ0v) is 23.7. The van der Waals surface area contributed by atoms with Crippen molar-refractivity contribution in [3.8, 4) is 0 Å². The fourth-order valence-electron chi connectivity index (χ4n) is 5.60. The number of carbonyl (C=O) groups is 2. The number of esters is 1. The largest absolute Gasteiger partial charge is 0.457 e. The fourth-order valence-corrected chi connectivity index (χ4v) is 6.17. The summed E-state index contributed by atoms with van der Waals surface area (Å²) in [4.78, 5) is 30.8. The van der Waals surface area contributed by atoms with Crippen LogP contribution in [0.1, 0.15) is 84.9 Å². The van der Waals surface area contributed by atoms with E-state index in [4.69, 9.17) is 9.47 Å². The second-order valence-electron chi connectivity index (χ2n) is 11.8. The quantitative estimate of drug-likeness (QED) is 0.428. The number of ketones is 1. The van der Waals surface area contributed by atoms with Gasteiger partial charge in [-0.05, 0) is 51.2 Å². The van der Waals surface area contributed by atoms with E-state index in [1.165, 1.54) is 0 Å². The van der Waals surface area contributed by atoms with E-state index >= 15 is 0 Å². The van der Waals surface area contributed by atoms with Crippen molar-refractivity contribution in [1.29, 1.82) is 0 Å². The zero-order chi connectivity index (χ0) is 27.0. The van der Waals surface area contributed by atoms with Gasteiger partial charge >= 0.3 is 5.97 Å². The van der Waals surface area contributed by atoms with E-state index in [-0.39, 0.29) is 35.7 Å². The van der Waals surface area contributed by atoms with Crippen molar-refractivity contribution in [2.45, 2.75) is 111 Å². The van der Waals surface area contributed by atoms with E-state index < -0.39 is 35.6 Å². The van der Waals surface area contributed by atoms with E-state index in [0.29, 0.717) is 0 Å². The van der Waals surface area contributed by atoms with Crippen LogP contribution in [0.2, 0.25) is 0 Å². The smallest absolute Gasteiger partial charge is 0.309 e. The van der Waals surface area contributed by atoms with Gasteiger partial charge in [0, 0.05) is 17.2 Å². The van der Waals surface area contributed by atoms with E-state index in [2.05, 4.69) is 11.9 Å². The van der Waals surface area contributed by atoms with Crippen LogP contribution in [0, 0.1) is 30.1 Å². The highest BCUT2D eigenvalue weighted by atomic mass is 32.1. The SMILES string of the molecule is C/C(=C\c1csc(C)n1)[C@H]1OC(=O)C[C@H](O)C(C)(C)C(=O)[C@H](C)C(O)[C@@H](C)CCC[C@@]2(C)O[C@H]2[C@H]1C. The number of ether oxygens (including phenoxy) is 2. The van der Waals surface area contributed by atoms with E-state index in [9.17, 15) is 19.8 Å². The molecular formula is C28H43NO6S. The molecular weight excluding hydrogens is 478 g/mol. The number of aromatic nitrogens is 1. The lowest BCUT2D eigenvalue weighted by Gasteiger charge is -2.35. The van der Waals surface area contributed by atoms with Crippen LogP contribution in [-0.4, -0.2) is 57.0 Å². The van der Waals surface area contributed by atoms with Crippen molar-refractivity contribution in [3.63, 3.8) is 0 Å². The van der Waals surface area contributed by atoms with Crippen LogP contribution in [0.5, 0.6) is 0 Å². The number of carbonyl (C=O) groups excluding carboxylic acids is 2. The number of epoxide rings is 1. The fraction of sp³-hybridized carbons (Fsp3) is 0.750. The Kier molecular flexibility index (Phi) is 8.86. The third kappa shape index (κ3) is 6.26. The van der Waals surface area contributed by atoms with Gasteiger partial charge in [-0.15, -0.1) is 11.3 Å². The van der Waals surface area contributed by atoms with E-state index in [1.54, 1.807) is 32.1 Å². The lowest BCUT2D eigenvalue weighted by Crippen LogP contribution is -2.46. The molecule has 0 aliphatic carbocycles. The predicted molar refractivity (Wildman–Crippen MR) is 140 cm³/mol. The Morgan fingerprint density at radius 1 is 1.19 bits per heavy atom. The molecule has 1 aromatic rings. The summed E-state index contributed by atoms with van der Waals surface area (Å²) in [6, 6.07) is 0. The first-order valence-corrected chi connectivity index (χ1v) is 13.9. The maximum atomic E-state index is 13.3. The molecule has 2 N–H and O–H groups in total. The van der Waals surface area contributed by atoms with Crippen LogP contribution in [0.3, 0.4) is 0 Å². The summed E-state index contributed by atoms with van der Waals surface area (Å²) in [5.41, 5.74) is 0.138. The number of Topliss-reactive ketones (excluding diaryl/α,β-unsaturated/α-hetero) is 1. The van der Waals surface area contributed by atoms with Gasteiger partial charge in [-0.2, -0.15) is 0 Å². The molecule has 2 aliphatic rings. The van der Waals surface area contributed by atoms with Crippen LogP contribution in [0.4, 0.5) is 0 Å². The summed E-state index contributed by atoms with van der Waals surface area (Å²) in [6.45, 7) is 14.9. The number of aliphatic hydroxyl groups is 2. The van der Waals surface area contributed by atoms with E-state index in [1.807, 2.05) is 39.2 Å². The Labute approximate surface area is 219 Å². The molecule has 3 heterocycles. The van der Waals surface area contributed by atoms with Gasteiger partial charge in [0.1, 0.15) is 11.9 Å². The third-order valence-corrected chi connectivity index (χ3v) is 9.08. The number of hydrogen-bond acceptors (Lipinski definition) is 8. The van der Waals surface area contributed by atoms with Gasteiger partial charge in [0.2, 0.25) is 0 Å². The number of nitrogens with zero attached hydrogens (tertiary/aromatic N) is 1. The van der Waals surface area contributed by atoms with Crippen molar-refractivity contribution in [3.05, 3.63) is 21.7 Å². The molecule has 2 aliphatic heterocycles. The molecule has 3 rings (SSSR count). The molecule has 8 atom stereocenters. The van der Waals surface area contributed by atoms with Crippen molar-refractivity contribution in [2.75, 3.05) is 0 Å². The molecule has 0 amide bonds. The number of rotatable bonds is 2. The summed E-state index contributed by atoms with van der Waals surface area (Å²) in [6.07, 6.45) is 1.37. The third-order valence-electron chi connectivity index (χ3n) is 8.29. The van der Waals surface area contributed by atoms with Crippen LogP contribution in [-0.2, 0) is 19.1 Å². The molecule has 1 unspecified atom stereocenters. The first-order chi connectivity index (χ1) is 16.7. The first kappa shape index (κ1) is 29.0. The molecule has 0 saturated carbocycles. The standard InChI is InChI=1S/C28H43NO6S/c1-15-10-9-11-28(8)26(35-28)18(4)24(16(2)12-20-14-36-19(5)29-20)34-22(31)13-21(30)27(6,7)25(33)17(3)23(15)32/h12,14-15,17-18,21,23-24,26,30,32H,9-11,13H2,1-8H3/b16-12+/t15-,17+,18-,21-,23?,24+,26-,28+/m0/s1. The average Bonchev–Trinajstić information content (AvgIpc) is 3.31. The predicted octanol–water partition coefficient (Wildman–Crippen LogP) is 4.72. The van der Waals surface area contributed by atoms with Crippen molar-refractivity contribution in [1.82, 2.24) is 4.98 Å². The maximum Gasteiger partial charge on any atom is 0.309 e. The molecule has 1 aromatic heterocycles. The molecule has 202 valence electrons. The van der Waals surface area contributed by atoms with E-state index in [0.717, 1.165) is 35.5 Å².